The molecule has 32 heavy (non-hydrogen) atoms. The van der Waals surface area contributed by atoms with Crippen LogP contribution in [0.25, 0.3) is 0 Å². The molecule has 4 unspecified atom stereocenters. The summed E-state index contributed by atoms with van der Waals surface area (Å²) < 4.78 is 11.6. The number of ether oxygens (including phenoxy) is 2. The van der Waals surface area contributed by atoms with Gasteiger partial charge in [-0.05, 0) is 57.0 Å². The van der Waals surface area contributed by atoms with Crippen LogP contribution in [-0.4, -0.2) is 67.3 Å². The van der Waals surface area contributed by atoms with Gasteiger partial charge in [0.25, 0.3) is 11.8 Å². The molecule has 0 spiro atoms. The Morgan fingerprint density at radius 1 is 1.22 bits per heavy atom. The molecule has 3 aliphatic rings. The molecule has 4 rings (SSSR count). The molecule has 0 saturated heterocycles. The molecular formula is C24H31N3O5. The summed E-state index contributed by atoms with van der Waals surface area (Å²) in [4.78, 5) is 41.7. The van der Waals surface area contributed by atoms with Crippen LogP contribution in [-0.2, 0) is 19.1 Å². The van der Waals surface area contributed by atoms with E-state index < -0.39 is 11.9 Å². The quantitative estimate of drug-likeness (QED) is 0.690. The monoisotopic (exact) mass is 441 g/mol. The van der Waals surface area contributed by atoms with Gasteiger partial charge in [-0.2, -0.15) is 0 Å². The summed E-state index contributed by atoms with van der Waals surface area (Å²) in [6.07, 6.45) is 2.39. The molecule has 0 radical (unpaired) electrons. The number of benzene rings is 1. The third kappa shape index (κ3) is 4.24. The fourth-order valence-electron chi connectivity index (χ4n) is 4.91. The van der Waals surface area contributed by atoms with Gasteiger partial charge in [0, 0.05) is 13.1 Å². The molecule has 172 valence electrons. The van der Waals surface area contributed by atoms with Gasteiger partial charge in [0.1, 0.15) is 11.9 Å². The Hall–Kier alpha value is -2.87. The van der Waals surface area contributed by atoms with Crippen molar-refractivity contribution < 1.29 is 23.9 Å². The average molecular weight is 442 g/mol. The summed E-state index contributed by atoms with van der Waals surface area (Å²) in [5.41, 5.74) is 6.44. The van der Waals surface area contributed by atoms with Crippen LogP contribution in [0, 0.1) is 11.8 Å². The summed E-state index contributed by atoms with van der Waals surface area (Å²) in [5, 5.41) is 0. The molecule has 1 fully saturated rings. The number of carbonyl (C=O) groups is 3. The van der Waals surface area contributed by atoms with E-state index in [0.717, 1.165) is 24.8 Å². The minimum atomic E-state index is -0.554. The number of nitrogens with zero attached hydrogens (tertiary/aromatic N) is 2. The van der Waals surface area contributed by atoms with Crippen LogP contribution in [0.3, 0.4) is 0 Å². The molecule has 4 atom stereocenters. The zero-order valence-corrected chi connectivity index (χ0v) is 18.9. The lowest BCUT2D eigenvalue weighted by Gasteiger charge is -2.37. The molecule has 2 amide bonds. The molecule has 2 N–H and O–H groups in total. The number of primary amides is 1. The van der Waals surface area contributed by atoms with E-state index in [4.69, 9.17) is 15.2 Å². The van der Waals surface area contributed by atoms with Crippen molar-refractivity contribution in [2.45, 2.75) is 38.3 Å². The maximum atomic E-state index is 13.6. The lowest BCUT2D eigenvalue weighted by molar-refractivity contribution is -0.136. The molecule has 2 aliphatic heterocycles. The Morgan fingerprint density at radius 2 is 1.94 bits per heavy atom. The third-order valence-electron chi connectivity index (χ3n) is 6.57. The van der Waals surface area contributed by atoms with Crippen molar-refractivity contribution >= 4 is 17.6 Å². The lowest BCUT2D eigenvalue weighted by Crippen LogP contribution is -2.41. The smallest absolute Gasteiger partial charge is 0.290 e. The van der Waals surface area contributed by atoms with Gasteiger partial charge in [-0.15, -0.1) is 0 Å². The predicted molar refractivity (Wildman–Crippen MR) is 118 cm³/mol. The van der Waals surface area contributed by atoms with Crippen LogP contribution >= 0.6 is 0 Å². The summed E-state index contributed by atoms with van der Waals surface area (Å²) >= 11 is 0. The van der Waals surface area contributed by atoms with Gasteiger partial charge in [-0.1, -0.05) is 19.1 Å². The minimum Gasteiger partial charge on any atom is -0.484 e. The van der Waals surface area contributed by atoms with Crippen molar-refractivity contribution in [3.63, 3.8) is 0 Å². The highest BCUT2D eigenvalue weighted by Crippen LogP contribution is 2.47. The van der Waals surface area contributed by atoms with Crippen molar-refractivity contribution in [2.75, 3.05) is 33.8 Å². The molecule has 1 saturated carbocycles. The zero-order valence-electron chi connectivity index (χ0n) is 18.9. The first-order valence-corrected chi connectivity index (χ1v) is 11.2. The largest absolute Gasteiger partial charge is 0.484 e. The van der Waals surface area contributed by atoms with Gasteiger partial charge in [0.05, 0.1) is 17.5 Å². The number of carbonyl (C=O) groups excluding carboxylic acids is 3. The highest BCUT2D eigenvalue weighted by atomic mass is 16.5. The second kappa shape index (κ2) is 8.94. The minimum absolute atomic E-state index is 0.0440. The van der Waals surface area contributed by atoms with E-state index in [1.165, 1.54) is 0 Å². The van der Waals surface area contributed by atoms with E-state index in [2.05, 4.69) is 6.92 Å². The van der Waals surface area contributed by atoms with Crippen molar-refractivity contribution in [2.24, 2.45) is 17.6 Å². The fraction of sp³-hybridized carbons (Fsp3) is 0.542. The lowest BCUT2D eigenvalue weighted by atomic mass is 9.74. The molecule has 8 heteroatoms. The van der Waals surface area contributed by atoms with Gasteiger partial charge in [0.15, 0.2) is 18.1 Å². The van der Waals surface area contributed by atoms with E-state index in [9.17, 15) is 14.4 Å². The molecular weight excluding hydrogens is 410 g/mol. The van der Waals surface area contributed by atoms with E-state index in [1.54, 1.807) is 17.0 Å². The maximum absolute atomic E-state index is 13.6. The highest BCUT2D eigenvalue weighted by molar-refractivity contribution is 6.11. The number of rotatable bonds is 7. The van der Waals surface area contributed by atoms with Gasteiger partial charge in [-0.25, -0.2) is 0 Å². The number of Topliss-reactive ketones (excluding diaryl/α,β-unsaturated/α-hetero) is 1. The van der Waals surface area contributed by atoms with Crippen LogP contribution < -0.4 is 10.5 Å². The number of likely N-dealkylation sites (N-methyl/N-ethyl adjacent to an activating group) is 1. The SMILES string of the molecule is CC1CCC2OC3=C(C(=O)C2C1)C(c1ccc(OCC(N)=O)cc1)N(CCN(C)C)C3=O. The van der Waals surface area contributed by atoms with E-state index in [-0.39, 0.29) is 36.1 Å². The van der Waals surface area contributed by atoms with Crippen molar-refractivity contribution in [3.8, 4) is 5.75 Å². The Balaban J connectivity index is 1.67. The molecule has 0 bridgehead atoms. The summed E-state index contributed by atoms with van der Waals surface area (Å²) in [6, 6.07) is 6.62. The van der Waals surface area contributed by atoms with E-state index >= 15 is 0 Å². The average Bonchev–Trinajstić information content (AvgIpc) is 3.03. The first-order valence-electron chi connectivity index (χ1n) is 11.2. The normalized spacial score (nSPS) is 27.3. The van der Waals surface area contributed by atoms with Crippen LogP contribution in [0.2, 0.25) is 0 Å². The Labute approximate surface area is 188 Å². The van der Waals surface area contributed by atoms with Crippen LogP contribution in [0.5, 0.6) is 5.75 Å². The first kappa shape index (κ1) is 22.3. The number of hydrogen-bond donors (Lipinski definition) is 1. The van der Waals surface area contributed by atoms with E-state index in [0.29, 0.717) is 30.3 Å². The number of fused-ring (bicyclic) bond motifs is 1. The second-order valence-corrected chi connectivity index (χ2v) is 9.32. The van der Waals surface area contributed by atoms with Crippen LogP contribution in [0.15, 0.2) is 35.6 Å². The summed E-state index contributed by atoms with van der Waals surface area (Å²) in [5.74, 6) is 0.268. The Morgan fingerprint density at radius 3 is 2.59 bits per heavy atom. The number of hydrogen-bond acceptors (Lipinski definition) is 6. The molecule has 0 aromatic heterocycles. The number of nitrogens with two attached hydrogens (primary N) is 1. The van der Waals surface area contributed by atoms with Crippen LogP contribution in [0.4, 0.5) is 0 Å². The third-order valence-corrected chi connectivity index (χ3v) is 6.57. The number of ketones is 1. The highest BCUT2D eigenvalue weighted by Gasteiger charge is 2.52. The van der Waals surface area contributed by atoms with Gasteiger partial charge in [-0.3, -0.25) is 14.4 Å². The fourth-order valence-corrected chi connectivity index (χ4v) is 4.91. The number of amides is 2. The van der Waals surface area contributed by atoms with Crippen LogP contribution in [0.1, 0.15) is 37.8 Å². The Kier molecular flexibility index (Phi) is 6.24. The first-order chi connectivity index (χ1) is 15.3. The molecule has 8 nitrogen and oxygen atoms in total. The van der Waals surface area contributed by atoms with Crippen molar-refractivity contribution in [1.29, 1.82) is 0 Å². The van der Waals surface area contributed by atoms with Crippen molar-refractivity contribution in [1.82, 2.24) is 9.80 Å². The standard InChI is InChI=1S/C24H31N3O5/c1-14-4-9-18-17(12-14)22(29)20-21(15-5-7-16(8-6-15)31-13-19(25)28)27(11-10-26(2)3)24(30)23(20)32-18/h5-8,14,17-18,21H,4,9-13H2,1-3H3,(H2,25,28). The summed E-state index contributed by atoms with van der Waals surface area (Å²) in [6.45, 7) is 3.10. The zero-order chi connectivity index (χ0) is 23.0. The van der Waals surface area contributed by atoms with Gasteiger partial charge in [0.2, 0.25) is 0 Å². The second-order valence-electron chi connectivity index (χ2n) is 9.32. The predicted octanol–water partition coefficient (Wildman–Crippen LogP) is 1.65. The topological polar surface area (TPSA) is 102 Å². The van der Waals surface area contributed by atoms with E-state index in [1.807, 2.05) is 31.1 Å². The van der Waals surface area contributed by atoms with Gasteiger partial charge < -0.3 is 25.0 Å². The van der Waals surface area contributed by atoms with Gasteiger partial charge >= 0.3 is 0 Å². The Bertz CT molecular complexity index is 939. The molecule has 1 aliphatic carbocycles. The molecule has 1 aromatic carbocycles. The molecule has 1 aromatic rings. The van der Waals surface area contributed by atoms with Crippen molar-refractivity contribution in [3.05, 3.63) is 41.2 Å². The maximum Gasteiger partial charge on any atom is 0.290 e. The molecule has 2 heterocycles. The summed E-state index contributed by atoms with van der Waals surface area (Å²) in [7, 11) is 3.90.